The monoisotopic (exact) mass is 245 g/mol. The minimum atomic E-state index is 0.582. The third-order valence-corrected chi connectivity index (χ3v) is 3.18. The van der Waals surface area contributed by atoms with Gasteiger partial charge in [0, 0.05) is 12.6 Å². The van der Waals surface area contributed by atoms with Crippen LogP contribution in [-0.4, -0.2) is 31.1 Å². The number of rotatable bonds is 6. The van der Waals surface area contributed by atoms with Gasteiger partial charge in [0.15, 0.2) is 0 Å². The first-order valence-electron chi connectivity index (χ1n) is 6.49. The highest BCUT2D eigenvalue weighted by atomic mass is 15.1. The summed E-state index contributed by atoms with van der Waals surface area (Å²) in [6.45, 7) is 8.40. The predicted molar refractivity (Wildman–Crippen MR) is 76.8 cm³/mol. The van der Waals surface area contributed by atoms with Gasteiger partial charge in [0.2, 0.25) is 0 Å². The third-order valence-electron chi connectivity index (χ3n) is 3.18. The lowest BCUT2D eigenvalue weighted by atomic mass is 10.1. The van der Waals surface area contributed by atoms with Crippen LogP contribution in [0.2, 0.25) is 0 Å². The number of hydrogen-bond donors (Lipinski definition) is 1. The minimum absolute atomic E-state index is 0.582. The molecular formula is C15H23N3. The molecule has 0 aromatic heterocycles. The number of nitrogens with zero attached hydrogens (tertiary/aromatic N) is 2. The minimum Gasteiger partial charge on any atom is -0.384 e. The summed E-state index contributed by atoms with van der Waals surface area (Å²) in [6.07, 6.45) is 1.08. The van der Waals surface area contributed by atoms with E-state index in [0.717, 1.165) is 30.8 Å². The van der Waals surface area contributed by atoms with Gasteiger partial charge in [0.1, 0.15) is 6.07 Å². The lowest BCUT2D eigenvalue weighted by Gasteiger charge is -2.21. The maximum Gasteiger partial charge on any atom is 0.101 e. The van der Waals surface area contributed by atoms with Crippen molar-refractivity contribution in [3.63, 3.8) is 0 Å². The fraction of sp³-hybridized carbons (Fsp3) is 0.533. The molecule has 3 heteroatoms. The summed E-state index contributed by atoms with van der Waals surface area (Å²) < 4.78 is 0. The van der Waals surface area contributed by atoms with Crippen molar-refractivity contribution < 1.29 is 0 Å². The SMILES string of the molecule is Cc1ccc(C#N)c(NCCCN(C)C(C)C)c1. The standard InChI is InChI=1S/C15H23N3/c1-12(2)18(4)9-5-8-17-15-10-13(3)6-7-14(15)11-16/h6-7,10,12,17H,5,8-9H2,1-4H3. The molecule has 3 nitrogen and oxygen atoms in total. The first-order valence-corrected chi connectivity index (χ1v) is 6.49. The van der Waals surface area contributed by atoms with Crippen LogP contribution in [0.1, 0.15) is 31.4 Å². The highest BCUT2D eigenvalue weighted by Gasteiger charge is 2.04. The Balaban J connectivity index is 2.44. The Hall–Kier alpha value is -1.53. The highest BCUT2D eigenvalue weighted by Crippen LogP contribution is 2.16. The Morgan fingerprint density at radius 3 is 2.72 bits per heavy atom. The Morgan fingerprint density at radius 2 is 2.11 bits per heavy atom. The van der Waals surface area contributed by atoms with E-state index >= 15 is 0 Å². The van der Waals surface area contributed by atoms with Crippen molar-refractivity contribution in [1.29, 1.82) is 5.26 Å². The molecule has 0 bridgehead atoms. The molecule has 0 aliphatic rings. The van der Waals surface area contributed by atoms with Gasteiger partial charge in [-0.1, -0.05) is 6.07 Å². The Bertz CT molecular complexity index is 418. The number of benzene rings is 1. The lowest BCUT2D eigenvalue weighted by Crippen LogP contribution is -2.28. The summed E-state index contributed by atoms with van der Waals surface area (Å²) in [5.41, 5.74) is 2.85. The molecule has 1 aromatic carbocycles. The molecule has 1 aromatic rings. The van der Waals surface area contributed by atoms with Crippen LogP contribution >= 0.6 is 0 Å². The normalized spacial score (nSPS) is 10.7. The number of anilines is 1. The van der Waals surface area contributed by atoms with Crippen LogP contribution in [0.5, 0.6) is 0 Å². The second-order valence-electron chi connectivity index (χ2n) is 5.02. The van der Waals surface area contributed by atoms with Crippen LogP contribution in [0.3, 0.4) is 0 Å². The van der Waals surface area contributed by atoms with Crippen molar-refractivity contribution in [3.8, 4) is 6.07 Å². The first-order chi connectivity index (χ1) is 8.54. The van der Waals surface area contributed by atoms with Gasteiger partial charge in [-0.15, -0.1) is 0 Å². The van der Waals surface area contributed by atoms with Gasteiger partial charge < -0.3 is 10.2 Å². The van der Waals surface area contributed by atoms with Crippen LogP contribution in [0.4, 0.5) is 5.69 Å². The van der Waals surface area contributed by atoms with Gasteiger partial charge in [-0.25, -0.2) is 0 Å². The molecule has 0 saturated carbocycles. The van der Waals surface area contributed by atoms with Crippen molar-refractivity contribution in [2.45, 2.75) is 33.2 Å². The van der Waals surface area contributed by atoms with Gasteiger partial charge >= 0.3 is 0 Å². The molecule has 0 aliphatic heterocycles. The fourth-order valence-corrected chi connectivity index (χ4v) is 1.71. The van der Waals surface area contributed by atoms with E-state index in [9.17, 15) is 0 Å². The van der Waals surface area contributed by atoms with E-state index in [1.807, 2.05) is 25.1 Å². The smallest absolute Gasteiger partial charge is 0.101 e. The molecule has 0 fully saturated rings. The largest absolute Gasteiger partial charge is 0.384 e. The number of nitrogens with one attached hydrogen (secondary N) is 1. The van der Waals surface area contributed by atoms with Gasteiger partial charge in [-0.05, 0) is 58.5 Å². The van der Waals surface area contributed by atoms with Gasteiger partial charge in [-0.2, -0.15) is 5.26 Å². The molecule has 0 aliphatic carbocycles. The molecule has 18 heavy (non-hydrogen) atoms. The second kappa shape index (κ2) is 7.03. The molecule has 1 rings (SSSR count). The number of aryl methyl sites for hydroxylation is 1. The molecule has 0 radical (unpaired) electrons. The van der Waals surface area contributed by atoms with Crippen molar-refractivity contribution in [2.75, 3.05) is 25.5 Å². The summed E-state index contributed by atoms with van der Waals surface area (Å²) in [7, 11) is 2.14. The molecule has 0 unspecified atom stereocenters. The number of hydrogen-bond acceptors (Lipinski definition) is 3. The van der Waals surface area contributed by atoms with Crippen LogP contribution < -0.4 is 5.32 Å². The van der Waals surface area contributed by atoms with Crippen molar-refractivity contribution in [2.24, 2.45) is 0 Å². The second-order valence-corrected chi connectivity index (χ2v) is 5.02. The summed E-state index contributed by atoms with van der Waals surface area (Å²) >= 11 is 0. The molecule has 0 spiro atoms. The zero-order valence-electron chi connectivity index (χ0n) is 11.8. The molecule has 1 N–H and O–H groups in total. The van der Waals surface area contributed by atoms with Gasteiger partial charge in [0.25, 0.3) is 0 Å². The molecule has 0 atom stereocenters. The summed E-state index contributed by atoms with van der Waals surface area (Å²) in [5, 5.41) is 12.4. The lowest BCUT2D eigenvalue weighted by molar-refractivity contribution is 0.273. The molecule has 0 heterocycles. The molecular weight excluding hydrogens is 222 g/mol. The first kappa shape index (κ1) is 14.5. The van der Waals surface area contributed by atoms with E-state index in [4.69, 9.17) is 5.26 Å². The molecule has 0 saturated heterocycles. The van der Waals surface area contributed by atoms with Gasteiger partial charge in [-0.3, -0.25) is 0 Å². The Kier molecular flexibility index (Phi) is 5.67. The summed E-state index contributed by atoms with van der Waals surface area (Å²) in [4.78, 5) is 2.32. The molecule has 0 amide bonds. The highest BCUT2D eigenvalue weighted by molar-refractivity contribution is 5.58. The topological polar surface area (TPSA) is 39.1 Å². The average molecular weight is 245 g/mol. The van der Waals surface area contributed by atoms with Crippen LogP contribution in [0, 0.1) is 18.3 Å². The maximum atomic E-state index is 9.03. The number of nitriles is 1. The van der Waals surface area contributed by atoms with Gasteiger partial charge in [0.05, 0.1) is 11.3 Å². The third kappa shape index (κ3) is 4.38. The average Bonchev–Trinajstić information content (AvgIpc) is 2.34. The zero-order valence-corrected chi connectivity index (χ0v) is 11.8. The van der Waals surface area contributed by atoms with Crippen molar-refractivity contribution in [3.05, 3.63) is 29.3 Å². The van der Waals surface area contributed by atoms with Crippen LogP contribution in [-0.2, 0) is 0 Å². The van der Waals surface area contributed by atoms with E-state index in [-0.39, 0.29) is 0 Å². The Morgan fingerprint density at radius 1 is 1.39 bits per heavy atom. The van der Waals surface area contributed by atoms with Crippen LogP contribution in [0.15, 0.2) is 18.2 Å². The van der Waals surface area contributed by atoms with Crippen molar-refractivity contribution >= 4 is 5.69 Å². The Labute approximate surface area is 110 Å². The van der Waals surface area contributed by atoms with Crippen molar-refractivity contribution in [1.82, 2.24) is 4.90 Å². The zero-order chi connectivity index (χ0) is 13.5. The van der Waals surface area contributed by atoms with Crippen LogP contribution in [0.25, 0.3) is 0 Å². The summed E-state index contributed by atoms with van der Waals surface area (Å²) in [6, 6.07) is 8.67. The van der Waals surface area contributed by atoms with E-state index in [0.29, 0.717) is 6.04 Å². The maximum absolute atomic E-state index is 9.03. The quantitative estimate of drug-likeness (QED) is 0.783. The predicted octanol–water partition coefficient (Wildman–Crippen LogP) is 3.01. The fourth-order valence-electron chi connectivity index (χ4n) is 1.71. The van der Waals surface area contributed by atoms with E-state index in [1.165, 1.54) is 5.56 Å². The van der Waals surface area contributed by atoms with E-state index < -0.39 is 0 Å². The molecule has 98 valence electrons. The van der Waals surface area contributed by atoms with E-state index in [1.54, 1.807) is 0 Å². The summed E-state index contributed by atoms with van der Waals surface area (Å²) in [5.74, 6) is 0. The van der Waals surface area contributed by atoms with E-state index in [2.05, 4.69) is 37.2 Å².